The van der Waals surface area contributed by atoms with Crippen molar-refractivity contribution in [1.29, 1.82) is 0 Å². The van der Waals surface area contributed by atoms with Crippen molar-refractivity contribution in [1.82, 2.24) is 10.3 Å². The van der Waals surface area contributed by atoms with Gasteiger partial charge in [0.15, 0.2) is 0 Å². The molecule has 0 saturated heterocycles. The summed E-state index contributed by atoms with van der Waals surface area (Å²) in [7, 11) is 1.48. The van der Waals surface area contributed by atoms with E-state index in [4.69, 9.17) is 0 Å². The average molecular weight is 342 g/mol. The van der Waals surface area contributed by atoms with Gasteiger partial charge in [-0.1, -0.05) is 0 Å². The Morgan fingerprint density at radius 1 is 1.25 bits per heavy atom. The predicted molar refractivity (Wildman–Crippen MR) is 94.1 cm³/mol. The van der Waals surface area contributed by atoms with Crippen molar-refractivity contribution in [3.8, 4) is 0 Å². The number of carbonyl (C=O) groups is 1. The number of rotatable bonds is 4. The standard InChI is InChI=1S/C16H14N4O3S/c1-9-18-13-6-4-11(8-15(13)24-9)19-12-5-3-10(16(21)17-2)7-14(12)20(22)23/h3-8,19H,1-2H3,(H,17,21). The first-order valence-electron chi connectivity index (χ1n) is 7.12. The number of nitrogens with zero attached hydrogens (tertiary/aromatic N) is 2. The number of fused-ring (bicyclic) bond motifs is 1. The van der Waals surface area contributed by atoms with Gasteiger partial charge in [0.25, 0.3) is 11.6 Å². The molecule has 0 unspecified atom stereocenters. The van der Waals surface area contributed by atoms with E-state index in [-0.39, 0.29) is 17.2 Å². The Balaban J connectivity index is 1.98. The first-order chi connectivity index (χ1) is 11.5. The molecule has 0 aliphatic rings. The third-order valence-corrected chi connectivity index (χ3v) is 4.39. The highest BCUT2D eigenvalue weighted by Gasteiger charge is 2.17. The first-order valence-corrected chi connectivity index (χ1v) is 7.94. The molecule has 0 fully saturated rings. The number of nitro groups is 1. The molecule has 1 aromatic heterocycles. The highest BCUT2D eigenvalue weighted by atomic mass is 32.1. The summed E-state index contributed by atoms with van der Waals surface area (Å²) in [5.41, 5.74) is 2.03. The second-order valence-corrected chi connectivity index (χ2v) is 6.34. The van der Waals surface area contributed by atoms with Crippen LogP contribution in [0.4, 0.5) is 17.1 Å². The lowest BCUT2D eigenvalue weighted by atomic mass is 10.1. The van der Waals surface area contributed by atoms with Crippen molar-refractivity contribution in [3.05, 3.63) is 57.1 Å². The van der Waals surface area contributed by atoms with Crippen molar-refractivity contribution in [3.63, 3.8) is 0 Å². The summed E-state index contributed by atoms with van der Waals surface area (Å²) < 4.78 is 1.00. The Kier molecular flexibility index (Phi) is 4.13. The Hall–Kier alpha value is -3.00. The fourth-order valence-electron chi connectivity index (χ4n) is 2.35. The fraction of sp³-hybridized carbons (Fsp3) is 0.125. The first kappa shape index (κ1) is 15.9. The maximum atomic E-state index is 11.6. The number of hydrogen-bond acceptors (Lipinski definition) is 6. The molecular formula is C16H14N4O3S. The maximum absolute atomic E-state index is 11.6. The molecule has 7 nitrogen and oxygen atoms in total. The SMILES string of the molecule is CNC(=O)c1ccc(Nc2ccc3nc(C)sc3c2)c([N+](=O)[O-])c1. The van der Waals surface area contributed by atoms with Crippen LogP contribution in [0.15, 0.2) is 36.4 Å². The Morgan fingerprint density at radius 3 is 2.75 bits per heavy atom. The maximum Gasteiger partial charge on any atom is 0.293 e. The van der Waals surface area contributed by atoms with Crippen molar-refractivity contribution >= 4 is 44.5 Å². The number of hydrogen-bond donors (Lipinski definition) is 2. The van der Waals surface area contributed by atoms with Crippen LogP contribution in [0, 0.1) is 17.0 Å². The summed E-state index contributed by atoms with van der Waals surface area (Å²) in [5.74, 6) is -0.369. The number of thiazole rings is 1. The zero-order valence-corrected chi connectivity index (χ0v) is 13.8. The van der Waals surface area contributed by atoms with E-state index in [1.165, 1.54) is 19.2 Å². The summed E-state index contributed by atoms with van der Waals surface area (Å²) in [6, 6.07) is 9.92. The molecule has 2 N–H and O–H groups in total. The van der Waals surface area contributed by atoms with Gasteiger partial charge in [-0.3, -0.25) is 14.9 Å². The van der Waals surface area contributed by atoms with Crippen LogP contribution in [0.3, 0.4) is 0 Å². The van der Waals surface area contributed by atoms with Crippen LogP contribution >= 0.6 is 11.3 Å². The second-order valence-electron chi connectivity index (χ2n) is 5.11. The van der Waals surface area contributed by atoms with Crippen LogP contribution in [-0.4, -0.2) is 22.9 Å². The lowest BCUT2D eigenvalue weighted by molar-refractivity contribution is -0.383. The van der Waals surface area contributed by atoms with Gasteiger partial charge in [0.1, 0.15) is 5.69 Å². The van der Waals surface area contributed by atoms with Gasteiger partial charge in [-0.25, -0.2) is 4.98 Å². The molecule has 2 aromatic carbocycles. The summed E-state index contributed by atoms with van der Waals surface area (Å²) in [5, 5.41) is 17.8. The summed E-state index contributed by atoms with van der Waals surface area (Å²) >= 11 is 1.56. The van der Waals surface area contributed by atoms with Gasteiger partial charge in [-0.2, -0.15) is 0 Å². The second kappa shape index (κ2) is 6.25. The van der Waals surface area contributed by atoms with E-state index in [0.29, 0.717) is 5.69 Å². The number of nitrogens with one attached hydrogen (secondary N) is 2. The normalized spacial score (nSPS) is 10.6. The van der Waals surface area contributed by atoms with Gasteiger partial charge in [0.05, 0.1) is 20.1 Å². The molecule has 3 rings (SSSR count). The van der Waals surface area contributed by atoms with Gasteiger partial charge in [-0.15, -0.1) is 11.3 Å². The minimum absolute atomic E-state index is 0.156. The number of nitro benzene ring substituents is 1. The molecule has 3 aromatic rings. The highest BCUT2D eigenvalue weighted by molar-refractivity contribution is 7.18. The van der Waals surface area contributed by atoms with E-state index in [1.807, 2.05) is 25.1 Å². The zero-order chi connectivity index (χ0) is 17.3. The van der Waals surface area contributed by atoms with E-state index in [0.717, 1.165) is 20.9 Å². The van der Waals surface area contributed by atoms with E-state index < -0.39 is 4.92 Å². The minimum atomic E-state index is -0.510. The average Bonchev–Trinajstić information content (AvgIpc) is 2.93. The lowest BCUT2D eigenvalue weighted by Crippen LogP contribution is -2.17. The number of aromatic nitrogens is 1. The van der Waals surface area contributed by atoms with Gasteiger partial charge in [0.2, 0.25) is 0 Å². The molecular weight excluding hydrogens is 328 g/mol. The molecule has 1 heterocycles. The van der Waals surface area contributed by atoms with Crippen LogP contribution in [0.2, 0.25) is 0 Å². The summed E-state index contributed by atoms with van der Waals surface area (Å²) in [6.45, 7) is 1.93. The molecule has 0 aliphatic heterocycles. The molecule has 0 radical (unpaired) electrons. The van der Waals surface area contributed by atoms with E-state index >= 15 is 0 Å². The van der Waals surface area contributed by atoms with Gasteiger partial charge in [0, 0.05) is 24.4 Å². The number of carbonyl (C=O) groups excluding carboxylic acids is 1. The Morgan fingerprint density at radius 2 is 2.04 bits per heavy atom. The number of anilines is 2. The molecule has 0 atom stereocenters. The van der Waals surface area contributed by atoms with Gasteiger partial charge < -0.3 is 10.6 Å². The quantitative estimate of drug-likeness (QED) is 0.557. The molecule has 0 saturated carbocycles. The van der Waals surface area contributed by atoms with Gasteiger partial charge in [-0.05, 0) is 37.3 Å². The monoisotopic (exact) mass is 342 g/mol. The lowest BCUT2D eigenvalue weighted by Gasteiger charge is -2.08. The largest absolute Gasteiger partial charge is 0.355 e. The molecule has 0 bridgehead atoms. The third-order valence-electron chi connectivity index (χ3n) is 3.46. The fourth-order valence-corrected chi connectivity index (χ4v) is 3.21. The van der Waals surface area contributed by atoms with Crippen LogP contribution in [-0.2, 0) is 0 Å². The molecule has 122 valence electrons. The van der Waals surface area contributed by atoms with Crippen LogP contribution in [0.5, 0.6) is 0 Å². The number of aryl methyl sites for hydroxylation is 1. The number of benzene rings is 2. The van der Waals surface area contributed by atoms with Crippen LogP contribution < -0.4 is 10.6 Å². The highest BCUT2D eigenvalue weighted by Crippen LogP contribution is 2.31. The molecule has 0 aliphatic carbocycles. The van der Waals surface area contributed by atoms with Crippen molar-refractivity contribution in [2.24, 2.45) is 0 Å². The minimum Gasteiger partial charge on any atom is -0.355 e. The molecule has 8 heteroatoms. The number of amides is 1. The van der Waals surface area contributed by atoms with Crippen molar-refractivity contribution in [2.45, 2.75) is 6.92 Å². The summed E-state index contributed by atoms with van der Waals surface area (Å²) in [4.78, 5) is 26.8. The van der Waals surface area contributed by atoms with E-state index in [2.05, 4.69) is 15.6 Å². The molecule has 0 spiro atoms. The van der Waals surface area contributed by atoms with E-state index in [9.17, 15) is 14.9 Å². The summed E-state index contributed by atoms with van der Waals surface area (Å²) in [6.07, 6.45) is 0. The predicted octanol–water partition coefficient (Wildman–Crippen LogP) is 3.62. The van der Waals surface area contributed by atoms with E-state index in [1.54, 1.807) is 17.4 Å². The topological polar surface area (TPSA) is 97.2 Å². The van der Waals surface area contributed by atoms with Gasteiger partial charge >= 0.3 is 0 Å². The van der Waals surface area contributed by atoms with Crippen LogP contribution in [0.1, 0.15) is 15.4 Å². The Labute approximate surface area is 141 Å². The third kappa shape index (κ3) is 3.04. The smallest absolute Gasteiger partial charge is 0.293 e. The molecule has 1 amide bonds. The Bertz CT molecular complexity index is 952. The van der Waals surface area contributed by atoms with Crippen molar-refractivity contribution in [2.75, 3.05) is 12.4 Å². The van der Waals surface area contributed by atoms with Crippen LogP contribution in [0.25, 0.3) is 10.2 Å². The zero-order valence-electron chi connectivity index (χ0n) is 13.0. The molecule has 24 heavy (non-hydrogen) atoms. The van der Waals surface area contributed by atoms with Crippen molar-refractivity contribution < 1.29 is 9.72 Å².